The van der Waals surface area contributed by atoms with Gasteiger partial charge in [0.05, 0.1) is 25.3 Å². The van der Waals surface area contributed by atoms with E-state index in [1.165, 1.54) is 4.31 Å². The Labute approximate surface area is 190 Å². The molecule has 1 saturated heterocycles. The highest BCUT2D eigenvalue weighted by atomic mass is 32.2. The molecule has 7 nitrogen and oxygen atoms in total. The third kappa shape index (κ3) is 7.24. The van der Waals surface area contributed by atoms with E-state index in [0.29, 0.717) is 50.5 Å². The molecule has 32 heavy (non-hydrogen) atoms. The number of ether oxygens (including phenoxy) is 2. The molecule has 0 aromatic heterocycles. The van der Waals surface area contributed by atoms with Crippen molar-refractivity contribution in [2.45, 2.75) is 25.7 Å². The van der Waals surface area contributed by atoms with Gasteiger partial charge in [0.2, 0.25) is 15.9 Å². The van der Waals surface area contributed by atoms with Gasteiger partial charge in [-0.25, -0.2) is 12.7 Å². The molecule has 2 aromatic rings. The van der Waals surface area contributed by atoms with Crippen LogP contribution in [0.5, 0.6) is 11.5 Å². The van der Waals surface area contributed by atoms with Crippen molar-refractivity contribution < 1.29 is 22.7 Å². The maximum Gasteiger partial charge on any atom is 0.224 e. The first-order chi connectivity index (χ1) is 15.5. The van der Waals surface area contributed by atoms with Crippen molar-refractivity contribution in [1.82, 2.24) is 9.62 Å². The van der Waals surface area contributed by atoms with Crippen molar-refractivity contribution in [1.29, 1.82) is 0 Å². The first-order valence-corrected chi connectivity index (χ1v) is 12.6. The fourth-order valence-electron chi connectivity index (χ4n) is 3.82. The van der Waals surface area contributed by atoms with Gasteiger partial charge in [0.1, 0.15) is 18.1 Å². The predicted octanol–water partition coefficient (Wildman–Crippen LogP) is 2.86. The van der Waals surface area contributed by atoms with Crippen LogP contribution in [0.25, 0.3) is 0 Å². The first kappa shape index (κ1) is 24.1. The lowest BCUT2D eigenvalue weighted by atomic mass is 9.99. The van der Waals surface area contributed by atoms with Crippen molar-refractivity contribution in [2.75, 3.05) is 39.1 Å². The minimum absolute atomic E-state index is 0.102. The highest BCUT2D eigenvalue weighted by Crippen LogP contribution is 2.21. The summed E-state index contributed by atoms with van der Waals surface area (Å²) in [5.41, 5.74) is 1.13. The van der Waals surface area contributed by atoms with E-state index < -0.39 is 10.0 Å². The molecule has 2 aromatic carbocycles. The van der Waals surface area contributed by atoms with Gasteiger partial charge in [0.25, 0.3) is 0 Å². The number of hydrogen-bond acceptors (Lipinski definition) is 5. The number of amides is 1. The van der Waals surface area contributed by atoms with Crippen molar-refractivity contribution in [3.63, 3.8) is 0 Å². The highest BCUT2D eigenvalue weighted by molar-refractivity contribution is 7.89. The van der Waals surface area contributed by atoms with Gasteiger partial charge in [-0.05, 0) is 43.4 Å². The molecule has 1 atom stereocenters. The fraction of sp³-hybridized carbons (Fsp3) is 0.458. The topological polar surface area (TPSA) is 84.9 Å². The van der Waals surface area contributed by atoms with Crippen molar-refractivity contribution in [2.24, 2.45) is 5.92 Å². The Hall–Kier alpha value is -2.58. The molecule has 1 N–H and O–H groups in total. The van der Waals surface area contributed by atoms with Gasteiger partial charge in [-0.15, -0.1) is 0 Å². The van der Waals surface area contributed by atoms with Crippen LogP contribution in [0.1, 0.15) is 24.8 Å². The third-order valence-corrected chi connectivity index (χ3v) is 7.49. The maximum absolute atomic E-state index is 12.8. The molecule has 3 rings (SSSR count). The summed E-state index contributed by atoms with van der Waals surface area (Å²) in [6.07, 6.45) is 2.68. The Bertz CT molecular complexity index is 965. The second-order valence-corrected chi connectivity index (χ2v) is 10.0. The lowest BCUT2D eigenvalue weighted by molar-refractivity contribution is -0.126. The van der Waals surface area contributed by atoms with E-state index in [1.54, 1.807) is 13.2 Å². The van der Waals surface area contributed by atoms with Crippen molar-refractivity contribution in [3.8, 4) is 11.5 Å². The molecule has 0 saturated carbocycles. The van der Waals surface area contributed by atoms with E-state index in [-0.39, 0.29) is 24.1 Å². The summed E-state index contributed by atoms with van der Waals surface area (Å²) < 4.78 is 37.8. The van der Waals surface area contributed by atoms with Gasteiger partial charge in [-0.3, -0.25) is 4.79 Å². The summed E-state index contributed by atoms with van der Waals surface area (Å²) in [6.45, 7) is 1.41. The van der Waals surface area contributed by atoms with Crippen LogP contribution in [0, 0.1) is 5.92 Å². The molecule has 1 aliphatic heterocycles. The molecule has 0 unspecified atom stereocenters. The molecular weight excluding hydrogens is 428 g/mol. The van der Waals surface area contributed by atoms with Gasteiger partial charge in [-0.1, -0.05) is 36.4 Å². The van der Waals surface area contributed by atoms with Crippen LogP contribution in [0.4, 0.5) is 0 Å². The predicted molar refractivity (Wildman–Crippen MR) is 124 cm³/mol. The van der Waals surface area contributed by atoms with Crippen LogP contribution in [0.2, 0.25) is 0 Å². The number of rotatable bonds is 11. The van der Waals surface area contributed by atoms with Gasteiger partial charge >= 0.3 is 0 Å². The van der Waals surface area contributed by atoms with Gasteiger partial charge in [0, 0.05) is 19.2 Å². The summed E-state index contributed by atoms with van der Waals surface area (Å²) in [7, 11) is -1.78. The largest absolute Gasteiger partial charge is 0.497 e. The fourth-order valence-corrected chi connectivity index (χ4v) is 5.40. The number of carbonyl (C=O) groups is 1. The number of nitrogens with one attached hydrogen (secondary N) is 1. The molecule has 0 spiro atoms. The minimum Gasteiger partial charge on any atom is -0.497 e. The van der Waals surface area contributed by atoms with E-state index in [4.69, 9.17) is 9.47 Å². The molecule has 0 bridgehead atoms. The standard InChI is InChI=1S/C24H32N2O5S/c1-30-22-12-5-13-23(18-22)31-16-14-25-24(27)21-11-6-15-26(19-21)32(28,29)17-7-10-20-8-3-2-4-9-20/h2-5,8-9,12-13,18,21H,6-7,10-11,14-17,19H2,1H3,(H,25,27)/t21-/m0/s1. The van der Waals surface area contributed by atoms with Crippen LogP contribution in [0.3, 0.4) is 0 Å². The van der Waals surface area contributed by atoms with Gasteiger partial charge in [-0.2, -0.15) is 0 Å². The van der Waals surface area contributed by atoms with Crippen molar-refractivity contribution >= 4 is 15.9 Å². The molecule has 1 aliphatic rings. The van der Waals surface area contributed by atoms with Crippen LogP contribution in [-0.2, 0) is 21.2 Å². The smallest absolute Gasteiger partial charge is 0.224 e. The van der Waals surface area contributed by atoms with Crippen LogP contribution < -0.4 is 14.8 Å². The molecule has 8 heteroatoms. The third-order valence-electron chi connectivity index (χ3n) is 5.57. The average Bonchev–Trinajstić information content (AvgIpc) is 2.82. The molecule has 1 heterocycles. The van der Waals surface area contributed by atoms with E-state index in [9.17, 15) is 13.2 Å². The van der Waals surface area contributed by atoms with Crippen LogP contribution >= 0.6 is 0 Å². The molecular formula is C24H32N2O5S. The molecule has 1 amide bonds. The van der Waals surface area contributed by atoms with E-state index in [1.807, 2.05) is 48.5 Å². The Kier molecular flexibility index (Phi) is 8.93. The van der Waals surface area contributed by atoms with E-state index in [2.05, 4.69) is 5.32 Å². The van der Waals surface area contributed by atoms with Crippen molar-refractivity contribution in [3.05, 3.63) is 60.2 Å². The van der Waals surface area contributed by atoms with Crippen LogP contribution in [0.15, 0.2) is 54.6 Å². The first-order valence-electron chi connectivity index (χ1n) is 11.0. The summed E-state index contributed by atoms with van der Waals surface area (Å²) in [5.74, 6) is 1.03. The number of hydrogen-bond donors (Lipinski definition) is 1. The van der Waals surface area contributed by atoms with Crippen LogP contribution in [-0.4, -0.2) is 57.7 Å². The summed E-state index contributed by atoms with van der Waals surface area (Å²) >= 11 is 0. The molecule has 1 fully saturated rings. The monoisotopic (exact) mass is 460 g/mol. The highest BCUT2D eigenvalue weighted by Gasteiger charge is 2.31. The minimum atomic E-state index is -3.37. The van der Waals surface area contributed by atoms with Gasteiger partial charge < -0.3 is 14.8 Å². The maximum atomic E-state index is 12.8. The number of sulfonamides is 1. The Morgan fingerprint density at radius 2 is 1.91 bits per heavy atom. The normalized spacial score (nSPS) is 17.0. The van der Waals surface area contributed by atoms with E-state index in [0.717, 1.165) is 12.0 Å². The van der Waals surface area contributed by atoms with Gasteiger partial charge in [0.15, 0.2) is 0 Å². The summed E-state index contributed by atoms with van der Waals surface area (Å²) in [6, 6.07) is 17.2. The Morgan fingerprint density at radius 3 is 2.69 bits per heavy atom. The zero-order valence-electron chi connectivity index (χ0n) is 18.5. The zero-order chi connectivity index (χ0) is 22.8. The Balaban J connectivity index is 1.41. The number of nitrogens with zero attached hydrogens (tertiary/aromatic N) is 1. The zero-order valence-corrected chi connectivity index (χ0v) is 19.4. The number of piperidine rings is 1. The molecule has 174 valence electrons. The number of aryl methyl sites for hydroxylation is 1. The Morgan fingerprint density at radius 1 is 1.12 bits per heavy atom. The van der Waals surface area contributed by atoms with E-state index >= 15 is 0 Å². The number of benzene rings is 2. The number of methoxy groups -OCH3 is 1. The second-order valence-electron chi connectivity index (χ2n) is 7.92. The second kappa shape index (κ2) is 11.9. The quantitative estimate of drug-likeness (QED) is 0.521. The lowest BCUT2D eigenvalue weighted by Crippen LogP contribution is -2.46. The molecule has 0 aliphatic carbocycles. The lowest BCUT2D eigenvalue weighted by Gasteiger charge is -2.31. The SMILES string of the molecule is COc1cccc(OCCNC(=O)[C@H]2CCCN(S(=O)(=O)CCCc3ccccc3)C2)c1. The summed E-state index contributed by atoms with van der Waals surface area (Å²) in [4.78, 5) is 12.6. The average molecular weight is 461 g/mol. The number of carbonyl (C=O) groups excluding carboxylic acids is 1. The molecule has 0 radical (unpaired) electrons. The summed E-state index contributed by atoms with van der Waals surface area (Å²) in [5, 5.41) is 2.87.